The lowest BCUT2D eigenvalue weighted by Crippen LogP contribution is -1.97. The van der Waals surface area contributed by atoms with E-state index < -0.39 is 0 Å². The molecule has 25 heavy (non-hydrogen) atoms. The van der Waals surface area contributed by atoms with Gasteiger partial charge in [0, 0.05) is 17.2 Å². The molecule has 0 aliphatic carbocycles. The van der Waals surface area contributed by atoms with Gasteiger partial charge in [0.05, 0.1) is 7.11 Å². The Morgan fingerprint density at radius 2 is 1.72 bits per heavy atom. The summed E-state index contributed by atoms with van der Waals surface area (Å²) in [5.74, 6) is 1.32. The molecule has 0 aliphatic heterocycles. The number of carbonyl (C=O) groups excluding carboxylic acids is 1. The third kappa shape index (κ3) is 3.80. The molecule has 3 aromatic carbocycles. The molecule has 0 radical (unpaired) electrons. The minimum atomic E-state index is 0.0487. The van der Waals surface area contributed by atoms with Gasteiger partial charge in [-0.25, -0.2) is 0 Å². The number of hydrogen-bond acceptors (Lipinski definition) is 4. The quantitative estimate of drug-likeness (QED) is 0.676. The summed E-state index contributed by atoms with van der Waals surface area (Å²) in [6.07, 6.45) is 0.717. The topological polar surface area (TPSA) is 55.8 Å². The number of aromatic hydroxyl groups is 1. The Kier molecular flexibility index (Phi) is 5.00. The molecule has 0 fully saturated rings. The second kappa shape index (κ2) is 7.53. The number of aldehydes is 1. The lowest BCUT2D eigenvalue weighted by molar-refractivity contribution is 0.112. The first-order chi connectivity index (χ1) is 12.2. The van der Waals surface area contributed by atoms with Crippen molar-refractivity contribution in [2.45, 2.75) is 6.61 Å². The number of ether oxygens (including phenoxy) is 2. The van der Waals surface area contributed by atoms with E-state index in [1.165, 1.54) is 6.07 Å². The maximum atomic E-state index is 11.3. The Morgan fingerprint density at radius 3 is 2.44 bits per heavy atom. The van der Waals surface area contributed by atoms with Gasteiger partial charge in [-0.1, -0.05) is 30.3 Å². The van der Waals surface area contributed by atoms with Gasteiger partial charge in [-0.3, -0.25) is 4.79 Å². The first kappa shape index (κ1) is 16.6. The third-order valence-electron chi connectivity index (χ3n) is 3.87. The Morgan fingerprint density at radius 1 is 0.960 bits per heavy atom. The number of rotatable bonds is 6. The van der Waals surface area contributed by atoms with Gasteiger partial charge < -0.3 is 14.6 Å². The first-order valence-electron chi connectivity index (χ1n) is 7.84. The second-order valence-electron chi connectivity index (χ2n) is 5.53. The van der Waals surface area contributed by atoms with E-state index in [0.29, 0.717) is 35.5 Å². The minimum Gasteiger partial charge on any atom is -0.508 e. The summed E-state index contributed by atoms with van der Waals surface area (Å²) in [5.41, 5.74) is 2.93. The summed E-state index contributed by atoms with van der Waals surface area (Å²) >= 11 is 0. The summed E-state index contributed by atoms with van der Waals surface area (Å²) in [6.45, 7) is 0.460. The van der Waals surface area contributed by atoms with Crippen LogP contribution >= 0.6 is 0 Å². The molecular weight excluding hydrogens is 316 g/mol. The van der Waals surface area contributed by atoms with Gasteiger partial charge in [-0.2, -0.15) is 0 Å². The number of phenolic OH excluding ortho intramolecular Hbond substituents is 1. The van der Waals surface area contributed by atoms with Crippen molar-refractivity contribution in [3.63, 3.8) is 0 Å². The van der Waals surface area contributed by atoms with Crippen molar-refractivity contribution < 1.29 is 19.4 Å². The monoisotopic (exact) mass is 334 g/mol. The fourth-order valence-corrected chi connectivity index (χ4v) is 2.62. The molecule has 0 atom stereocenters. The number of carbonyl (C=O) groups is 1. The van der Waals surface area contributed by atoms with Crippen molar-refractivity contribution in [2.24, 2.45) is 0 Å². The third-order valence-corrected chi connectivity index (χ3v) is 3.87. The molecule has 0 saturated heterocycles. The van der Waals surface area contributed by atoms with Gasteiger partial charge in [-0.05, 0) is 41.5 Å². The molecule has 3 aromatic rings. The van der Waals surface area contributed by atoms with Gasteiger partial charge in [0.2, 0.25) is 0 Å². The Labute approximate surface area is 146 Å². The van der Waals surface area contributed by atoms with Crippen LogP contribution in [0, 0.1) is 0 Å². The first-order valence-corrected chi connectivity index (χ1v) is 7.84. The number of hydrogen-bond donors (Lipinski definition) is 1. The lowest BCUT2D eigenvalue weighted by atomic mass is 9.99. The van der Waals surface area contributed by atoms with Gasteiger partial charge in [0.25, 0.3) is 0 Å². The van der Waals surface area contributed by atoms with Crippen LogP contribution in [0.1, 0.15) is 15.9 Å². The maximum absolute atomic E-state index is 11.3. The molecule has 0 aliphatic rings. The Hall–Kier alpha value is -3.27. The summed E-state index contributed by atoms with van der Waals surface area (Å²) in [7, 11) is 1.57. The molecule has 0 saturated carbocycles. The van der Waals surface area contributed by atoms with Gasteiger partial charge in [0.1, 0.15) is 23.9 Å². The lowest BCUT2D eigenvalue weighted by Gasteiger charge is -2.13. The van der Waals surface area contributed by atoms with Crippen molar-refractivity contribution >= 4 is 6.29 Å². The van der Waals surface area contributed by atoms with E-state index in [0.717, 1.165) is 11.1 Å². The Balaban J connectivity index is 1.88. The smallest absolute Gasteiger partial charge is 0.150 e. The average molecular weight is 334 g/mol. The molecule has 126 valence electrons. The van der Waals surface area contributed by atoms with Crippen molar-refractivity contribution in [1.82, 2.24) is 0 Å². The maximum Gasteiger partial charge on any atom is 0.150 e. The zero-order valence-corrected chi connectivity index (χ0v) is 13.8. The second-order valence-corrected chi connectivity index (χ2v) is 5.53. The number of phenols is 1. The molecule has 4 nitrogen and oxygen atoms in total. The van der Waals surface area contributed by atoms with E-state index >= 15 is 0 Å². The zero-order valence-electron chi connectivity index (χ0n) is 13.8. The van der Waals surface area contributed by atoms with E-state index in [2.05, 4.69) is 0 Å². The van der Waals surface area contributed by atoms with Gasteiger partial charge in [0.15, 0.2) is 6.29 Å². The van der Waals surface area contributed by atoms with Crippen LogP contribution in [0.25, 0.3) is 11.1 Å². The van der Waals surface area contributed by atoms with Crippen LogP contribution in [-0.4, -0.2) is 18.5 Å². The van der Waals surface area contributed by atoms with Crippen molar-refractivity contribution in [1.29, 1.82) is 0 Å². The van der Waals surface area contributed by atoms with Crippen molar-refractivity contribution in [3.8, 4) is 28.4 Å². The highest BCUT2D eigenvalue weighted by Crippen LogP contribution is 2.36. The predicted molar refractivity (Wildman–Crippen MR) is 96.3 cm³/mol. The SMILES string of the molecule is COc1cc(OCc2ccccc2)ccc1-c1ccc(O)cc1C=O. The van der Waals surface area contributed by atoms with Gasteiger partial charge >= 0.3 is 0 Å². The van der Waals surface area contributed by atoms with Crippen molar-refractivity contribution in [2.75, 3.05) is 7.11 Å². The normalized spacial score (nSPS) is 10.3. The molecule has 0 spiro atoms. The van der Waals surface area contributed by atoms with Crippen LogP contribution in [0.2, 0.25) is 0 Å². The molecule has 1 N–H and O–H groups in total. The van der Waals surface area contributed by atoms with Crippen LogP contribution < -0.4 is 9.47 Å². The molecule has 4 heteroatoms. The predicted octanol–water partition coefficient (Wildman–Crippen LogP) is 4.46. The van der Waals surface area contributed by atoms with Crippen LogP contribution in [-0.2, 0) is 6.61 Å². The molecule has 0 amide bonds. The summed E-state index contributed by atoms with van der Waals surface area (Å²) in [5, 5.41) is 9.55. The molecule has 0 aromatic heterocycles. The van der Waals surface area contributed by atoms with E-state index in [9.17, 15) is 9.90 Å². The highest BCUT2D eigenvalue weighted by Gasteiger charge is 2.12. The fraction of sp³-hybridized carbons (Fsp3) is 0.0952. The molecule has 0 unspecified atom stereocenters. The molecular formula is C21H18O4. The highest BCUT2D eigenvalue weighted by molar-refractivity contribution is 5.90. The summed E-state index contributed by atoms with van der Waals surface area (Å²) in [4.78, 5) is 11.3. The van der Waals surface area contributed by atoms with Crippen LogP contribution in [0.15, 0.2) is 66.7 Å². The Bertz CT molecular complexity index is 872. The summed E-state index contributed by atoms with van der Waals surface area (Å²) in [6, 6.07) is 20.0. The minimum absolute atomic E-state index is 0.0487. The number of methoxy groups -OCH3 is 1. The van der Waals surface area contributed by atoms with E-state index in [-0.39, 0.29) is 5.75 Å². The van der Waals surface area contributed by atoms with E-state index in [1.54, 1.807) is 25.3 Å². The standard InChI is InChI=1S/C21H18O4/c1-24-21-12-18(25-14-15-5-3-2-4-6-15)8-10-20(21)19-9-7-17(23)11-16(19)13-22/h2-13,23H,14H2,1H3. The molecule has 3 rings (SSSR count). The van der Waals surface area contributed by atoms with Crippen molar-refractivity contribution in [3.05, 3.63) is 77.9 Å². The largest absolute Gasteiger partial charge is 0.508 e. The molecule has 0 heterocycles. The molecule has 0 bridgehead atoms. The van der Waals surface area contributed by atoms with Gasteiger partial charge in [-0.15, -0.1) is 0 Å². The fourth-order valence-electron chi connectivity index (χ4n) is 2.62. The van der Waals surface area contributed by atoms with E-state index in [4.69, 9.17) is 9.47 Å². The zero-order chi connectivity index (χ0) is 17.6. The van der Waals surface area contributed by atoms with Crippen LogP contribution in [0.5, 0.6) is 17.2 Å². The summed E-state index contributed by atoms with van der Waals surface area (Å²) < 4.78 is 11.3. The van der Waals surface area contributed by atoms with E-state index in [1.807, 2.05) is 42.5 Å². The number of benzene rings is 3. The average Bonchev–Trinajstić information content (AvgIpc) is 2.67. The van der Waals surface area contributed by atoms with Crippen LogP contribution in [0.3, 0.4) is 0 Å². The van der Waals surface area contributed by atoms with Crippen LogP contribution in [0.4, 0.5) is 0 Å². The highest BCUT2D eigenvalue weighted by atomic mass is 16.5.